The average molecular weight is 222 g/mol. The Morgan fingerprint density at radius 3 is 2.76 bits per heavy atom. The molecule has 0 aliphatic rings. The van der Waals surface area contributed by atoms with Gasteiger partial charge in [0.05, 0.1) is 11.7 Å². The standard InChI is InChI=1S/C15H14N2/c1-12-7-8-17-14(9-12)11-16-15(17)10-13-5-3-2-4-6-13/h2-9,11H,10H2,1H3. The van der Waals surface area contributed by atoms with E-state index in [2.05, 4.69) is 58.9 Å². The zero-order valence-corrected chi connectivity index (χ0v) is 9.80. The first-order valence-electron chi connectivity index (χ1n) is 5.79. The van der Waals surface area contributed by atoms with Crippen molar-refractivity contribution in [3.63, 3.8) is 0 Å². The van der Waals surface area contributed by atoms with Gasteiger partial charge in [-0.25, -0.2) is 4.98 Å². The number of rotatable bonds is 2. The highest BCUT2D eigenvalue weighted by Gasteiger charge is 2.04. The van der Waals surface area contributed by atoms with E-state index in [4.69, 9.17) is 0 Å². The zero-order chi connectivity index (χ0) is 11.7. The van der Waals surface area contributed by atoms with Crippen molar-refractivity contribution in [2.75, 3.05) is 0 Å². The fourth-order valence-corrected chi connectivity index (χ4v) is 2.08. The first-order valence-corrected chi connectivity index (χ1v) is 5.79. The molecule has 0 fully saturated rings. The number of aromatic nitrogens is 2. The molecular weight excluding hydrogens is 208 g/mol. The second kappa shape index (κ2) is 4.06. The maximum absolute atomic E-state index is 4.49. The largest absolute Gasteiger partial charge is 0.303 e. The second-order valence-corrected chi connectivity index (χ2v) is 4.34. The van der Waals surface area contributed by atoms with E-state index in [-0.39, 0.29) is 0 Å². The van der Waals surface area contributed by atoms with Crippen molar-refractivity contribution in [2.24, 2.45) is 0 Å². The molecule has 3 rings (SSSR count). The summed E-state index contributed by atoms with van der Waals surface area (Å²) in [5.41, 5.74) is 3.72. The van der Waals surface area contributed by atoms with Crippen LogP contribution in [0.1, 0.15) is 17.0 Å². The first-order chi connectivity index (χ1) is 8.33. The molecule has 0 atom stereocenters. The third-order valence-corrected chi connectivity index (χ3v) is 2.97. The molecule has 0 N–H and O–H groups in total. The van der Waals surface area contributed by atoms with Gasteiger partial charge in [0.1, 0.15) is 5.82 Å². The smallest absolute Gasteiger partial charge is 0.117 e. The number of nitrogens with zero attached hydrogens (tertiary/aromatic N) is 2. The summed E-state index contributed by atoms with van der Waals surface area (Å²) in [6, 6.07) is 14.7. The van der Waals surface area contributed by atoms with Crippen LogP contribution in [0.25, 0.3) is 5.52 Å². The highest BCUT2D eigenvalue weighted by atomic mass is 15.0. The van der Waals surface area contributed by atoms with E-state index in [1.807, 2.05) is 12.3 Å². The quantitative estimate of drug-likeness (QED) is 0.650. The highest BCUT2D eigenvalue weighted by molar-refractivity contribution is 5.48. The molecule has 3 aromatic rings. The minimum Gasteiger partial charge on any atom is -0.303 e. The lowest BCUT2D eigenvalue weighted by Crippen LogP contribution is -1.96. The predicted octanol–water partition coefficient (Wildman–Crippen LogP) is 3.23. The van der Waals surface area contributed by atoms with E-state index in [1.54, 1.807) is 0 Å². The molecule has 0 saturated heterocycles. The van der Waals surface area contributed by atoms with E-state index in [0.717, 1.165) is 17.8 Å². The summed E-state index contributed by atoms with van der Waals surface area (Å²) < 4.78 is 2.15. The number of hydrogen-bond donors (Lipinski definition) is 0. The second-order valence-electron chi connectivity index (χ2n) is 4.34. The Labute approximate surface area is 101 Å². The molecule has 0 spiro atoms. The number of pyridine rings is 1. The topological polar surface area (TPSA) is 17.3 Å². The molecule has 84 valence electrons. The molecule has 2 aromatic heterocycles. The summed E-state index contributed by atoms with van der Waals surface area (Å²) in [5, 5.41) is 0. The third-order valence-electron chi connectivity index (χ3n) is 2.97. The lowest BCUT2D eigenvalue weighted by Gasteiger charge is -2.02. The summed E-state index contributed by atoms with van der Waals surface area (Å²) in [5.74, 6) is 1.09. The van der Waals surface area contributed by atoms with E-state index in [9.17, 15) is 0 Å². The van der Waals surface area contributed by atoms with Crippen LogP contribution in [0.3, 0.4) is 0 Å². The fourth-order valence-electron chi connectivity index (χ4n) is 2.08. The maximum atomic E-state index is 4.49. The van der Waals surface area contributed by atoms with Gasteiger partial charge in [0.25, 0.3) is 0 Å². The van der Waals surface area contributed by atoms with Crippen molar-refractivity contribution < 1.29 is 0 Å². The van der Waals surface area contributed by atoms with E-state index in [1.165, 1.54) is 11.1 Å². The number of fused-ring (bicyclic) bond motifs is 1. The number of imidazole rings is 1. The summed E-state index contributed by atoms with van der Waals surface area (Å²) in [7, 11) is 0. The minimum absolute atomic E-state index is 0.873. The van der Waals surface area contributed by atoms with Crippen molar-refractivity contribution in [1.82, 2.24) is 9.38 Å². The summed E-state index contributed by atoms with van der Waals surface area (Å²) in [6.45, 7) is 2.10. The summed E-state index contributed by atoms with van der Waals surface area (Å²) in [4.78, 5) is 4.49. The van der Waals surface area contributed by atoms with Gasteiger partial charge < -0.3 is 4.40 Å². The van der Waals surface area contributed by atoms with Crippen LogP contribution in [-0.2, 0) is 6.42 Å². The fraction of sp³-hybridized carbons (Fsp3) is 0.133. The van der Waals surface area contributed by atoms with Gasteiger partial charge in [-0.05, 0) is 30.2 Å². The van der Waals surface area contributed by atoms with Gasteiger partial charge in [-0.3, -0.25) is 0 Å². The summed E-state index contributed by atoms with van der Waals surface area (Å²) >= 11 is 0. The molecule has 17 heavy (non-hydrogen) atoms. The number of aryl methyl sites for hydroxylation is 1. The normalized spacial score (nSPS) is 10.9. The minimum atomic E-state index is 0.873. The number of benzene rings is 1. The Bertz CT molecular complexity index is 638. The highest BCUT2D eigenvalue weighted by Crippen LogP contribution is 2.12. The molecule has 1 aromatic carbocycles. The maximum Gasteiger partial charge on any atom is 0.117 e. The Hall–Kier alpha value is -2.09. The van der Waals surface area contributed by atoms with Crippen LogP contribution in [0.5, 0.6) is 0 Å². The molecule has 0 aliphatic heterocycles. The van der Waals surface area contributed by atoms with Gasteiger partial charge in [-0.15, -0.1) is 0 Å². The van der Waals surface area contributed by atoms with Crippen molar-refractivity contribution in [1.29, 1.82) is 0 Å². The van der Waals surface area contributed by atoms with Gasteiger partial charge in [0.15, 0.2) is 0 Å². The molecule has 2 heteroatoms. The van der Waals surface area contributed by atoms with Crippen LogP contribution in [0, 0.1) is 6.92 Å². The van der Waals surface area contributed by atoms with Crippen molar-refractivity contribution >= 4 is 5.52 Å². The first kappa shape index (κ1) is 10.1. The molecule has 0 amide bonds. The van der Waals surface area contributed by atoms with Crippen molar-refractivity contribution in [3.05, 3.63) is 71.8 Å². The average Bonchev–Trinajstić information content (AvgIpc) is 2.73. The molecule has 0 saturated carbocycles. The van der Waals surface area contributed by atoms with Crippen LogP contribution in [0.2, 0.25) is 0 Å². The molecule has 0 unspecified atom stereocenters. The molecule has 0 aliphatic carbocycles. The Balaban J connectivity index is 2.01. The van der Waals surface area contributed by atoms with Crippen LogP contribution in [-0.4, -0.2) is 9.38 Å². The summed E-state index contributed by atoms with van der Waals surface area (Å²) in [6.07, 6.45) is 4.90. The molecular formula is C15H14N2. The van der Waals surface area contributed by atoms with Crippen LogP contribution >= 0.6 is 0 Å². The molecule has 2 heterocycles. The zero-order valence-electron chi connectivity index (χ0n) is 9.80. The predicted molar refractivity (Wildman–Crippen MR) is 69.2 cm³/mol. The van der Waals surface area contributed by atoms with Gasteiger partial charge in [0, 0.05) is 12.6 Å². The van der Waals surface area contributed by atoms with Gasteiger partial charge >= 0.3 is 0 Å². The van der Waals surface area contributed by atoms with Crippen LogP contribution < -0.4 is 0 Å². The van der Waals surface area contributed by atoms with Crippen molar-refractivity contribution in [2.45, 2.75) is 13.3 Å². The van der Waals surface area contributed by atoms with Gasteiger partial charge in [-0.2, -0.15) is 0 Å². The lowest BCUT2D eigenvalue weighted by molar-refractivity contribution is 0.960. The molecule has 0 radical (unpaired) electrons. The SMILES string of the molecule is Cc1ccn2c(Cc3ccccc3)ncc2c1. The van der Waals surface area contributed by atoms with Crippen LogP contribution in [0.15, 0.2) is 54.9 Å². The van der Waals surface area contributed by atoms with Gasteiger partial charge in [-0.1, -0.05) is 30.3 Å². The van der Waals surface area contributed by atoms with E-state index >= 15 is 0 Å². The Morgan fingerprint density at radius 2 is 1.94 bits per heavy atom. The van der Waals surface area contributed by atoms with Crippen molar-refractivity contribution in [3.8, 4) is 0 Å². The molecule has 2 nitrogen and oxygen atoms in total. The van der Waals surface area contributed by atoms with E-state index in [0.29, 0.717) is 0 Å². The Kier molecular flexibility index (Phi) is 2.41. The number of hydrogen-bond acceptors (Lipinski definition) is 1. The van der Waals surface area contributed by atoms with Crippen LogP contribution in [0.4, 0.5) is 0 Å². The monoisotopic (exact) mass is 222 g/mol. The van der Waals surface area contributed by atoms with Gasteiger partial charge in [0.2, 0.25) is 0 Å². The Morgan fingerprint density at radius 1 is 1.12 bits per heavy atom. The molecule has 0 bridgehead atoms. The lowest BCUT2D eigenvalue weighted by atomic mass is 10.1. The third kappa shape index (κ3) is 1.94. The van der Waals surface area contributed by atoms with E-state index < -0.39 is 0 Å².